The molecule has 1 heteroatoms. The SMILES string of the molecule is CCCN1CCc2cccc(C)c2C1. The third-order valence-corrected chi connectivity index (χ3v) is 3.13. The van der Waals surface area contributed by atoms with Crippen molar-refractivity contribution < 1.29 is 0 Å². The summed E-state index contributed by atoms with van der Waals surface area (Å²) in [6, 6.07) is 6.70. The molecule has 1 aliphatic rings. The Morgan fingerprint density at radius 2 is 2.21 bits per heavy atom. The second-order valence-electron chi connectivity index (χ2n) is 4.24. The minimum atomic E-state index is 1.16. The first-order valence-electron chi connectivity index (χ1n) is 5.61. The summed E-state index contributed by atoms with van der Waals surface area (Å²) in [5, 5.41) is 0. The van der Waals surface area contributed by atoms with Crippen LogP contribution in [0.15, 0.2) is 18.2 Å². The quantitative estimate of drug-likeness (QED) is 0.691. The molecule has 0 radical (unpaired) electrons. The van der Waals surface area contributed by atoms with Crippen molar-refractivity contribution in [2.75, 3.05) is 13.1 Å². The molecule has 0 fully saturated rings. The predicted molar refractivity (Wildman–Crippen MR) is 60.5 cm³/mol. The highest BCUT2D eigenvalue weighted by atomic mass is 15.1. The van der Waals surface area contributed by atoms with Crippen LogP contribution in [0.25, 0.3) is 0 Å². The van der Waals surface area contributed by atoms with Crippen molar-refractivity contribution in [3.05, 3.63) is 34.9 Å². The molecule has 0 amide bonds. The molecule has 0 bridgehead atoms. The molecule has 0 unspecified atom stereocenters. The highest BCUT2D eigenvalue weighted by Gasteiger charge is 2.16. The number of hydrogen-bond donors (Lipinski definition) is 0. The molecule has 14 heavy (non-hydrogen) atoms. The third-order valence-electron chi connectivity index (χ3n) is 3.13. The van der Waals surface area contributed by atoms with E-state index in [1.165, 1.54) is 31.5 Å². The summed E-state index contributed by atoms with van der Waals surface area (Å²) in [5.41, 5.74) is 4.60. The van der Waals surface area contributed by atoms with Crippen LogP contribution in [-0.2, 0) is 13.0 Å². The molecule has 1 aromatic carbocycles. The van der Waals surface area contributed by atoms with Crippen LogP contribution in [0.5, 0.6) is 0 Å². The average Bonchev–Trinajstić information content (AvgIpc) is 2.20. The van der Waals surface area contributed by atoms with Crippen LogP contribution in [0.2, 0.25) is 0 Å². The van der Waals surface area contributed by atoms with Gasteiger partial charge in [-0.2, -0.15) is 0 Å². The van der Waals surface area contributed by atoms with Crippen LogP contribution in [0.1, 0.15) is 30.0 Å². The summed E-state index contributed by atoms with van der Waals surface area (Å²) in [6.45, 7) is 8.13. The topological polar surface area (TPSA) is 3.24 Å². The van der Waals surface area contributed by atoms with Crippen molar-refractivity contribution in [3.63, 3.8) is 0 Å². The van der Waals surface area contributed by atoms with E-state index >= 15 is 0 Å². The van der Waals surface area contributed by atoms with E-state index in [2.05, 4.69) is 36.9 Å². The van der Waals surface area contributed by atoms with Gasteiger partial charge in [-0.25, -0.2) is 0 Å². The van der Waals surface area contributed by atoms with E-state index in [1.807, 2.05) is 0 Å². The number of aryl methyl sites for hydroxylation is 1. The van der Waals surface area contributed by atoms with Crippen molar-refractivity contribution in [2.24, 2.45) is 0 Å². The average molecular weight is 189 g/mol. The third kappa shape index (κ3) is 1.83. The van der Waals surface area contributed by atoms with Gasteiger partial charge in [-0.3, -0.25) is 4.90 Å². The lowest BCUT2D eigenvalue weighted by Crippen LogP contribution is -2.31. The summed E-state index contributed by atoms with van der Waals surface area (Å²) < 4.78 is 0. The number of hydrogen-bond acceptors (Lipinski definition) is 1. The van der Waals surface area contributed by atoms with Crippen molar-refractivity contribution >= 4 is 0 Å². The van der Waals surface area contributed by atoms with Crippen LogP contribution in [0, 0.1) is 6.92 Å². The lowest BCUT2D eigenvalue weighted by molar-refractivity contribution is 0.254. The van der Waals surface area contributed by atoms with Crippen molar-refractivity contribution in [1.82, 2.24) is 4.90 Å². The summed E-state index contributed by atoms with van der Waals surface area (Å²) in [4.78, 5) is 2.56. The van der Waals surface area contributed by atoms with E-state index < -0.39 is 0 Å². The fourth-order valence-corrected chi connectivity index (χ4v) is 2.31. The highest BCUT2D eigenvalue weighted by molar-refractivity contribution is 5.35. The van der Waals surface area contributed by atoms with Gasteiger partial charge in [0.2, 0.25) is 0 Å². The summed E-state index contributed by atoms with van der Waals surface area (Å²) in [6.07, 6.45) is 2.50. The molecule has 76 valence electrons. The zero-order valence-electron chi connectivity index (χ0n) is 9.21. The first kappa shape index (κ1) is 9.72. The Labute approximate surface area is 86.7 Å². The van der Waals surface area contributed by atoms with Crippen LogP contribution >= 0.6 is 0 Å². The van der Waals surface area contributed by atoms with Crippen molar-refractivity contribution in [2.45, 2.75) is 33.2 Å². The minimum Gasteiger partial charge on any atom is -0.299 e. The summed E-state index contributed by atoms with van der Waals surface area (Å²) >= 11 is 0. The largest absolute Gasteiger partial charge is 0.299 e. The van der Waals surface area contributed by atoms with E-state index in [-0.39, 0.29) is 0 Å². The predicted octanol–water partition coefficient (Wildman–Crippen LogP) is 2.76. The minimum absolute atomic E-state index is 1.16. The van der Waals surface area contributed by atoms with Gasteiger partial charge in [-0.1, -0.05) is 25.1 Å². The maximum absolute atomic E-state index is 2.56. The van der Waals surface area contributed by atoms with Gasteiger partial charge in [-0.15, -0.1) is 0 Å². The van der Waals surface area contributed by atoms with Gasteiger partial charge in [-0.05, 0) is 43.0 Å². The van der Waals surface area contributed by atoms with Gasteiger partial charge in [0.1, 0.15) is 0 Å². The smallest absolute Gasteiger partial charge is 0.0239 e. The summed E-state index contributed by atoms with van der Waals surface area (Å²) in [7, 11) is 0. The molecule has 0 N–H and O–H groups in total. The lowest BCUT2D eigenvalue weighted by Gasteiger charge is -2.29. The number of fused-ring (bicyclic) bond motifs is 1. The van der Waals surface area contributed by atoms with Gasteiger partial charge in [0.05, 0.1) is 0 Å². The molecule has 1 aliphatic heterocycles. The molecule has 0 spiro atoms. The van der Waals surface area contributed by atoms with E-state index in [0.717, 1.165) is 6.54 Å². The molecular weight excluding hydrogens is 170 g/mol. The van der Waals surface area contributed by atoms with Gasteiger partial charge in [0, 0.05) is 13.1 Å². The maximum Gasteiger partial charge on any atom is 0.0239 e. The molecule has 0 aromatic heterocycles. The molecule has 0 atom stereocenters. The molecule has 0 saturated carbocycles. The first-order valence-corrected chi connectivity index (χ1v) is 5.61. The Morgan fingerprint density at radius 3 is 3.00 bits per heavy atom. The van der Waals surface area contributed by atoms with Gasteiger partial charge in [0.15, 0.2) is 0 Å². The van der Waals surface area contributed by atoms with Crippen LogP contribution in [0.4, 0.5) is 0 Å². The molecule has 1 heterocycles. The van der Waals surface area contributed by atoms with E-state index in [0.29, 0.717) is 0 Å². The zero-order valence-corrected chi connectivity index (χ0v) is 9.21. The van der Waals surface area contributed by atoms with Gasteiger partial charge in [0.25, 0.3) is 0 Å². The zero-order chi connectivity index (χ0) is 9.97. The Morgan fingerprint density at radius 1 is 1.36 bits per heavy atom. The molecule has 0 saturated heterocycles. The second kappa shape index (κ2) is 4.14. The molecule has 2 rings (SSSR count). The molecule has 1 nitrogen and oxygen atoms in total. The van der Waals surface area contributed by atoms with Gasteiger partial charge < -0.3 is 0 Å². The lowest BCUT2D eigenvalue weighted by atomic mass is 9.95. The van der Waals surface area contributed by atoms with Crippen LogP contribution < -0.4 is 0 Å². The van der Waals surface area contributed by atoms with Crippen molar-refractivity contribution in [3.8, 4) is 0 Å². The van der Waals surface area contributed by atoms with E-state index in [4.69, 9.17) is 0 Å². The standard InChI is InChI=1S/C13H19N/c1-3-8-14-9-7-12-6-4-5-11(2)13(12)10-14/h4-6H,3,7-10H2,1-2H3. The normalized spacial score (nSPS) is 16.7. The fraction of sp³-hybridized carbons (Fsp3) is 0.538. The molecule has 0 aliphatic carbocycles. The van der Waals surface area contributed by atoms with E-state index in [1.54, 1.807) is 11.1 Å². The Bertz CT molecular complexity index is 317. The molecular formula is C13H19N. The Balaban J connectivity index is 2.20. The molecule has 1 aromatic rings. The number of rotatable bonds is 2. The van der Waals surface area contributed by atoms with E-state index in [9.17, 15) is 0 Å². The van der Waals surface area contributed by atoms with Gasteiger partial charge >= 0.3 is 0 Å². The Hall–Kier alpha value is -0.820. The number of nitrogens with zero attached hydrogens (tertiary/aromatic N) is 1. The first-order chi connectivity index (χ1) is 6.81. The monoisotopic (exact) mass is 189 g/mol. The van der Waals surface area contributed by atoms with Crippen molar-refractivity contribution in [1.29, 1.82) is 0 Å². The fourth-order valence-electron chi connectivity index (χ4n) is 2.31. The van der Waals surface area contributed by atoms with Crippen LogP contribution in [-0.4, -0.2) is 18.0 Å². The summed E-state index contributed by atoms with van der Waals surface area (Å²) in [5.74, 6) is 0. The highest BCUT2D eigenvalue weighted by Crippen LogP contribution is 2.21. The number of benzene rings is 1. The maximum atomic E-state index is 2.56. The second-order valence-corrected chi connectivity index (χ2v) is 4.24. The van der Waals surface area contributed by atoms with Crippen LogP contribution in [0.3, 0.4) is 0 Å². The Kier molecular flexibility index (Phi) is 2.87.